The highest BCUT2D eigenvalue weighted by Gasteiger charge is 2.33. The predicted octanol–water partition coefficient (Wildman–Crippen LogP) is 2.25. The molecule has 0 aliphatic carbocycles. The Labute approximate surface area is 94.7 Å². The Balaban J connectivity index is 2.00. The highest BCUT2D eigenvalue weighted by Crippen LogP contribution is 2.30. The van der Waals surface area contributed by atoms with E-state index in [4.69, 9.17) is 0 Å². The van der Waals surface area contributed by atoms with Crippen molar-refractivity contribution in [1.82, 2.24) is 5.32 Å². The smallest absolute Gasteiger partial charge is 0.143 e. The van der Waals surface area contributed by atoms with E-state index in [9.17, 15) is 4.79 Å². The Hall–Kier alpha value is -0.670. The molecule has 0 aromatic carbocycles. The van der Waals surface area contributed by atoms with Crippen molar-refractivity contribution in [2.45, 2.75) is 26.2 Å². The van der Waals surface area contributed by atoms with Gasteiger partial charge in [-0.1, -0.05) is 6.92 Å². The molecular formula is C12H17NOS. The van der Waals surface area contributed by atoms with Gasteiger partial charge < -0.3 is 5.32 Å². The van der Waals surface area contributed by atoms with Gasteiger partial charge in [-0.3, -0.25) is 4.79 Å². The van der Waals surface area contributed by atoms with Gasteiger partial charge in [-0.2, -0.15) is 11.3 Å². The maximum Gasteiger partial charge on any atom is 0.143 e. The second kappa shape index (κ2) is 4.45. The van der Waals surface area contributed by atoms with E-state index in [0.717, 1.165) is 25.9 Å². The van der Waals surface area contributed by atoms with Crippen molar-refractivity contribution in [2.24, 2.45) is 5.41 Å². The Morgan fingerprint density at radius 3 is 2.87 bits per heavy atom. The van der Waals surface area contributed by atoms with Crippen LogP contribution in [0.3, 0.4) is 0 Å². The second-order valence-electron chi connectivity index (χ2n) is 4.54. The fourth-order valence-corrected chi connectivity index (χ4v) is 2.72. The second-order valence-corrected chi connectivity index (χ2v) is 5.32. The maximum atomic E-state index is 12.2. The van der Waals surface area contributed by atoms with Crippen molar-refractivity contribution < 1.29 is 4.79 Å². The molecule has 0 amide bonds. The third kappa shape index (κ3) is 2.47. The summed E-state index contributed by atoms with van der Waals surface area (Å²) in [5.41, 5.74) is 1.08. The quantitative estimate of drug-likeness (QED) is 0.851. The lowest BCUT2D eigenvalue weighted by atomic mass is 9.75. The molecule has 1 N–H and O–H groups in total. The van der Waals surface area contributed by atoms with Gasteiger partial charge >= 0.3 is 0 Å². The van der Waals surface area contributed by atoms with Crippen molar-refractivity contribution in [3.63, 3.8) is 0 Å². The molecule has 1 aliphatic heterocycles. The van der Waals surface area contributed by atoms with Crippen LogP contribution in [0.4, 0.5) is 0 Å². The van der Waals surface area contributed by atoms with Crippen LogP contribution in [0.25, 0.3) is 0 Å². The number of carbonyl (C=O) groups is 1. The monoisotopic (exact) mass is 223 g/mol. The maximum absolute atomic E-state index is 12.2. The lowest BCUT2D eigenvalue weighted by Gasteiger charge is -2.32. The van der Waals surface area contributed by atoms with Gasteiger partial charge in [0, 0.05) is 11.8 Å². The zero-order valence-electron chi connectivity index (χ0n) is 9.08. The molecule has 2 heterocycles. The minimum Gasteiger partial charge on any atom is -0.317 e. The third-order valence-corrected chi connectivity index (χ3v) is 4.06. The lowest BCUT2D eigenvalue weighted by molar-refractivity contribution is -0.128. The molecule has 15 heavy (non-hydrogen) atoms. The van der Waals surface area contributed by atoms with Crippen LogP contribution >= 0.6 is 11.3 Å². The van der Waals surface area contributed by atoms with Crippen LogP contribution in [0.2, 0.25) is 0 Å². The number of hydrogen-bond donors (Lipinski definition) is 1. The van der Waals surface area contributed by atoms with E-state index in [-0.39, 0.29) is 5.41 Å². The minimum atomic E-state index is -0.0901. The van der Waals surface area contributed by atoms with E-state index in [2.05, 4.69) is 17.6 Å². The standard InChI is InChI=1S/C12H17NOS/c1-12(3-5-13-6-4-12)11(14)8-10-2-7-15-9-10/h2,7,9,13H,3-6,8H2,1H3. The molecule has 82 valence electrons. The molecule has 0 unspecified atom stereocenters. The first-order valence-corrected chi connectivity index (χ1v) is 6.40. The average Bonchev–Trinajstić information content (AvgIpc) is 2.71. The first kappa shape index (κ1) is 10.8. The molecular weight excluding hydrogens is 206 g/mol. The summed E-state index contributed by atoms with van der Waals surface area (Å²) >= 11 is 1.66. The van der Waals surface area contributed by atoms with Crippen LogP contribution in [0.15, 0.2) is 16.8 Å². The molecule has 0 saturated carbocycles. The topological polar surface area (TPSA) is 29.1 Å². The largest absolute Gasteiger partial charge is 0.317 e. The van der Waals surface area contributed by atoms with Crippen LogP contribution < -0.4 is 5.32 Å². The van der Waals surface area contributed by atoms with Crippen molar-refractivity contribution in [3.8, 4) is 0 Å². The van der Waals surface area contributed by atoms with Crippen LogP contribution in [0.1, 0.15) is 25.3 Å². The summed E-state index contributed by atoms with van der Waals surface area (Å²) in [7, 11) is 0. The van der Waals surface area contributed by atoms with Gasteiger partial charge in [0.1, 0.15) is 5.78 Å². The molecule has 2 nitrogen and oxygen atoms in total. The van der Waals surface area contributed by atoms with Gasteiger partial charge in [-0.05, 0) is 48.3 Å². The molecule has 1 fully saturated rings. The molecule has 3 heteroatoms. The van der Waals surface area contributed by atoms with Gasteiger partial charge in [-0.15, -0.1) is 0 Å². The van der Waals surface area contributed by atoms with Crippen molar-refractivity contribution >= 4 is 17.1 Å². The number of carbonyl (C=O) groups excluding carboxylic acids is 1. The third-order valence-electron chi connectivity index (χ3n) is 3.33. The summed E-state index contributed by atoms with van der Waals surface area (Å²) in [6, 6.07) is 2.05. The molecule has 1 aliphatic rings. The van der Waals surface area contributed by atoms with Crippen molar-refractivity contribution in [1.29, 1.82) is 0 Å². The van der Waals surface area contributed by atoms with Crippen molar-refractivity contribution in [3.05, 3.63) is 22.4 Å². The summed E-state index contributed by atoms with van der Waals surface area (Å²) < 4.78 is 0. The molecule has 1 saturated heterocycles. The Morgan fingerprint density at radius 1 is 1.53 bits per heavy atom. The van der Waals surface area contributed by atoms with Gasteiger partial charge in [0.15, 0.2) is 0 Å². The van der Waals surface area contributed by atoms with Crippen LogP contribution in [0.5, 0.6) is 0 Å². The van der Waals surface area contributed by atoms with E-state index in [0.29, 0.717) is 12.2 Å². The SMILES string of the molecule is CC1(C(=O)Cc2ccsc2)CCNCC1. The number of thiophene rings is 1. The van der Waals surface area contributed by atoms with Crippen molar-refractivity contribution in [2.75, 3.05) is 13.1 Å². The Kier molecular flexibility index (Phi) is 3.22. The Bertz CT molecular complexity index is 325. The number of nitrogens with one attached hydrogen (secondary N) is 1. The first-order valence-electron chi connectivity index (χ1n) is 5.46. The number of rotatable bonds is 3. The van der Waals surface area contributed by atoms with E-state index in [1.165, 1.54) is 5.56 Å². The van der Waals surface area contributed by atoms with E-state index < -0.39 is 0 Å². The molecule has 0 spiro atoms. The number of piperidine rings is 1. The summed E-state index contributed by atoms with van der Waals surface area (Å²) in [6.07, 6.45) is 2.58. The molecule has 1 aromatic rings. The van der Waals surface area contributed by atoms with Crippen LogP contribution in [-0.2, 0) is 11.2 Å². The summed E-state index contributed by atoms with van der Waals surface area (Å²) in [5, 5.41) is 7.41. The number of Topliss-reactive ketones (excluding diaryl/α,β-unsaturated/α-hetero) is 1. The predicted molar refractivity (Wildman–Crippen MR) is 63.2 cm³/mol. The average molecular weight is 223 g/mol. The highest BCUT2D eigenvalue weighted by molar-refractivity contribution is 7.07. The van der Waals surface area contributed by atoms with Gasteiger partial charge in [-0.25, -0.2) is 0 Å². The molecule has 0 atom stereocenters. The lowest BCUT2D eigenvalue weighted by Crippen LogP contribution is -2.40. The van der Waals surface area contributed by atoms with E-state index in [1.54, 1.807) is 11.3 Å². The normalized spacial score (nSPS) is 20.1. The van der Waals surface area contributed by atoms with Gasteiger partial charge in [0.25, 0.3) is 0 Å². The zero-order valence-corrected chi connectivity index (χ0v) is 9.90. The molecule has 2 rings (SSSR count). The fourth-order valence-electron chi connectivity index (χ4n) is 2.05. The van der Waals surface area contributed by atoms with Gasteiger partial charge in [0.05, 0.1) is 0 Å². The highest BCUT2D eigenvalue weighted by atomic mass is 32.1. The summed E-state index contributed by atoms with van der Waals surface area (Å²) in [5.74, 6) is 0.405. The van der Waals surface area contributed by atoms with Gasteiger partial charge in [0.2, 0.25) is 0 Å². The Morgan fingerprint density at radius 2 is 2.27 bits per heavy atom. The number of ketones is 1. The fraction of sp³-hybridized carbons (Fsp3) is 0.583. The van der Waals surface area contributed by atoms with E-state index >= 15 is 0 Å². The summed E-state index contributed by atoms with van der Waals surface area (Å²) in [6.45, 7) is 4.07. The first-order chi connectivity index (χ1) is 7.21. The van der Waals surface area contributed by atoms with Crippen LogP contribution in [-0.4, -0.2) is 18.9 Å². The minimum absolute atomic E-state index is 0.0901. The number of hydrogen-bond acceptors (Lipinski definition) is 3. The summed E-state index contributed by atoms with van der Waals surface area (Å²) in [4.78, 5) is 12.2. The van der Waals surface area contributed by atoms with Crippen LogP contribution in [0, 0.1) is 5.41 Å². The zero-order chi connectivity index (χ0) is 10.7. The van der Waals surface area contributed by atoms with E-state index in [1.807, 2.05) is 11.4 Å². The molecule has 0 bridgehead atoms. The molecule has 0 radical (unpaired) electrons. The molecule has 1 aromatic heterocycles.